The van der Waals surface area contributed by atoms with Crippen LogP contribution < -0.4 is 5.14 Å². The third-order valence-electron chi connectivity index (χ3n) is 2.32. The van der Waals surface area contributed by atoms with Crippen LogP contribution in [0.4, 0.5) is 0 Å². The molecule has 0 amide bonds. The molecule has 0 fully saturated rings. The van der Waals surface area contributed by atoms with Crippen LogP contribution in [0.5, 0.6) is 0 Å². The Labute approximate surface area is 85.3 Å². The summed E-state index contributed by atoms with van der Waals surface area (Å²) in [5.74, 6) is 0. The lowest BCUT2D eigenvalue weighted by atomic mass is 10.1. The third-order valence-corrected chi connectivity index (χ3v) is 3.11. The highest BCUT2D eigenvalue weighted by Crippen LogP contribution is 2.23. The van der Waals surface area contributed by atoms with Crippen molar-refractivity contribution in [2.45, 2.75) is 11.8 Å². The summed E-state index contributed by atoms with van der Waals surface area (Å²) in [5.41, 5.74) is 1.18. The van der Waals surface area contributed by atoms with Gasteiger partial charge in [-0.1, -0.05) is 30.3 Å². The van der Waals surface area contributed by atoms with Crippen molar-refractivity contribution in [1.29, 1.82) is 0 Å². The Bertz CT molecular complexity index is 508. The summed E-state index contributed by atoms with van der Waals surface area (Å²) < 4.78 is 11.3. The van der Waals surface area contributed by atoms with E-state index in [1.54, 1.807) is 0 Å². The van der Waals surface area contributed by atoms with Gasteiger partial charge >= 0.3 is 0 Å². The van der Waals surface area contributed by atoms with Crippen LogP contribution in [0.25, 0.3) is 10.8 Å². The molecule has 2 nitrogen and oxygen atoms in total. The standard InChI is InChI=1S/C11H11NOS/c1-8-6-7-11(14(12)13)10-5-3-2-4-9(8)10/h2-7H,12H2,1H3. The molecular weight excluding hydrogens is 194 g/mol. The molecule has 0 saturated carbocycles. The van der Waals surface area contributed by atoms with Gasteiger partial charge in [-0.2, -0.15) is 0 Å². The number of hydrogen-bond donors (Lipinski definition) is 1. The molecule has 0 aromatic heterocycles. The minimum Gasteiger partial charge on any atom is -0.248 e. The van der Waals surface area contributed by atoms with E-state index in [0.29, 0.717) is 4.90 Å². The summed E-state index contributed by atoms with van der Waals surface area (Å²) in [4.78, 5) is 0.700. The molecule has 72 valence electrons. The van der Waals surface area contributed by atoms with Gasteiger partial charge in [0.05, 0.1) is 4.90 Å². The first kappa shape index (κ1) is 9.37. The first-order valence-corrected chi connectivity index (χ1v) is 5.56. The topological polar surface area (TPSA) is 43.1 Å². The van der Waals surface area contributed by atoms with E-state index >= 15 is 0 Å². The van der Waals surface area contributed by atoms with E-state index in [9.17, 15) is 4.21 Å². The summed E-state index contributed by atoms with van der Waals surface area (Å²) in [6, 6.07) is 11.6. The zero-order valence-corrected chi connectivity index (χ0v) is 8.67. The Balaban J connectivity index is 2.88. The Morgan fingerprint density at radius 3 is 2.36 bits per heavy atom. The molecule has 0 spiro atoms. The predicted molar refractivity (Wildman–Crippen MR) is 59.3 cm³/mol. The van der Waals surface area contributed by atoms with E-state index in [2.05, 4.69) is 0 Å². The van der Waals surface area contributed by atoms with Gasteiger partial charge in [0.2, 0.25) is 0 Å². The highest BCUT2D eigenvalue weighted by Gasteiger charge is 2.05. The van der Waals surface area contributed by atoms with Gasteiger partial charge in [0.1, 0.15) is 11.0 Å². The second kappa shape index (κ2) is 3.52. The summed E-state index contributed by atoms with van der Waals surface area (Å²) in [5, 5.41) is 7.50. The molecule has 0 heterocycles. The van der Waals surface area contributed by atoms with Crippen molar-refractivity contribution in [1.82, 2.24) is 0 Å². The molecule has 2 N–H and O–H groups in total. The number of rotatable bonds is 1. The van der Waals surface area contributed by atoms with Crippen LogP contribution in [0.15, 0.2) is 41.3 Å². The van der Waals surface area contributed by atoms with Crippen molar-refractivity contribution >= 4 is 21.8 Å². The predicted octanol–water partition coefficient (Wildman–Crippen LogP) is 2.13. The van der Waals surface area contributed by atoms with Crippen LogP contribution >= 0.6 is 0 Å². The molecule has 2 aromatic carbocycles. The Hall–Kier alpha value is -1.19. The average Bonchev–Trinajstić information content (AvgIpc) is 2.18. The summed E-state index contributed by atoms with van der Waals surface area (Å²) in [7, 11) is -1.41. The maximum absolute atomic E-state index is 11.3. The number of fused-ring (bicyclic) bond motifs is 1. The zero-order valence-electron chi connectivity index (χ0n) is 7.86. The van der Waals surface area contributed by atoms with Crippen LogP contribution in [-0.4, -0.2) is 4.21 Å². The normalized spacial score (nSPS) is 13.0. The molecule has 1 atom stereocenters. The summed E-state index contributed by atoms with van der Waals surface area (Å²) >= 11 is 0. The second-order valence-corrected chi connectivity index (χ2v) is 4.26. The van der Waals surface area contributed by atoms with Crippen molar-refractivity contribution in [3.63, 3.8) is 0 Å². The van der Waals surface area contributed by atoms with E-state index in [1.807, 2.05) is 43.3 Å². The van der Waals surface area contributed by atoms with Gasteiger partial charge in [-0.05, 0) is 29.3 Å². The largest absolute Gasteiger partial charge is 0.248 e. The first-order chi connectivity index (χ1) is 6.70. The molecule has 1 unspecified atom stereocenters. The quantitative estimate of drug-likeness (QED) is 0.761. The van der Waals surface area contributed by atoms with E-state index in [1.165, 1.54) is 5.56 Å². The number of aryl methyl sites for hydroxylation is 1. The minimum absolute atomic E-state index is 0.700. The monoisotopic (exact) mass is 205 g/mol. The van der Waals surface area contributed by atoms with Crippen molar-refractivity contribution in [2.75, 3.05) is 0 Å². The van der Waals surface area contributed by atoms with Gasteiger partial charge in [-0.15, -0.1) is 0 Å². The average molecular weight is 205 g/mol. The molecule has 2 rings (SSSR count). The fourth-order valence-corrected chi connectivity index (χ4v) is 2.19. The smallest absolute Gasteiger partial charge is 0.122 e. The maximum Gasteiger partial charge on any atom is 0.122 e. The molecule has 0 bridgehead atoms. The Morgan fingerprint density at radius 1 is 1.07 bits per heavy atom. The fourth-order valence-electron chi connectivity index (χ4n) is 1.60. The molecule has 0 saturated heterocycles. The van der Waals surface area contributed by atoms with Gasteiger partial charge in [-0.25, -0.2) is 9.35 Å². The highest BCUT2D eigenvalue weighted by molar-refractivity contribution is 7.83. The lowest BCUT2D eigenvalue weighted by molar-refractivity contribution is 0.685. The summed E-state index contributed by atoms with van der Waals surface area (Å²) in [6.45, 7) is 2.03. The van der Waals surface area contributed by atoms with Crippen molar-refractivity contribution in [3.05, 3.63) is 42.0 Å². The molecule has 0 aliphatic carbocycles. The molecule has 3 heteroatoms. The van der Waals surface area contributed by atoms with Gasteiger partial charge in [0.25, 0.3) is 0 Å². The number of hydrogen-bond acceptors (Lipinski definition) is 1. The first-order valence-electron chi connectivity index (χ1n) is 4.34. The van der Waals surface area contributed by atoms with E-state index in [0.717, 1.165) is 10.8 Å². The van der Waals surface area contributed by atoms with Crippen molar-refractivity contribution < 1.29 is 4.21 Å². The molecule has 14 heavy (non-hydrogen) atoms. The van der Waals surface area contributed by atoms with Crippen molar-refractivity contribution in [3.8, 4) is 0 Å². The molecule has 2 aromatic rings. The van der Waals surface area contributed by atoms with Crippen LogP contribution in [0, 0.1) is 6.92 Å². The Morgan fingerprint density at radius 2 is 1.71 bits per heavy atom. The zero-order chi connectivity index (χ0) is 10.1. The molecule has 0 aliphatic rings. The SMILES string of the molecule is Cc1ccc(S(N)=O)c2ccccc12. The van der Waals surface area contributed by atoms with Gasteiger partial charge in [0.15, 0.2) is 0 Å². The van der Waals surface area contributed by atoms with Gasteiger partial charge in [0, 0.05) is 0 Å². The van der Waals surface area contributed by atoms with E-state index in [4.69, 9.17) is 5.14 Å². The van der Waals surface area contributed by atoms with E-state index in [-0.39, 0.29) is 0 Å². The fraction of sp³-hybridized carbons (Fsp3) is 0.0909. The Kier molecular flexibility index (Phi) is 2.35. The summed E-state index contributed by atoms with van der Waals surface area (Å²) in [6.07, 6.45) is 0. The lowest BCUT2D eigenvalue weighted by Gasteiger charge is -2.05. The van der Waals surface area contributed by atoms with E-state index < -0.39 is 11.0 Å². The van der Waals surface area contributed by atoms with Crippen LogP contribution in [0.1, 0.15) is 5.56 Å². The highest BCUT2D eigenvalue weighted by atomic mass is 32.2. The molecule has 0 radical (unpaired) electrons. The van der Waals surface area contributed by atoms with Crippen molar-refractivity contribution in [2.24, 2.45) is 5.14 Å². The van der Waals surface area contributed by atoms with Crippen LogP contribution in [0.2, 0.25) is 0 Å². The second-order valence-electron chi connectivity index (χ2n) is 3.22. The lowest BCUT2D eigenvalue weighted by Crippen LogP contribution is -2.03. The number of benzene rings is 2. The minimum atomic E-state index is -1.41. The molecular formula is C11H11NOS. The number of nitrogens with two attached hydrogens (primary N) is 1. The maximum atomic E-state index is 11.3. The van der Waals surface area contributed by atoms with Crippen LogP contribution in [0.3, 0.4) is 0 Å². The molecule has 0 aliphatic heterocycles. The van der Waals surface area contributed by atoms with Crippen LogP contribution in [-0.2, 0) is 11.0 Å². The van der Waals surface area contributed by atoms with Gasteiger partial charge < -0.3 is 0 Å². The van der Waals surface area contributed by atoms with Gasteiger partial charge in [-0.3, -0.25) is 0 Å². The third kappa shape index (κ3) is 1.45.